The third kappa shape index (κ3) is 4.25. The summed E-state index contributed by atoms with van der Waals surface area (Å²) in [6, 6.07) is 7.29. The van der Waals surface area contributed by atoms with Crippen LogP contribution in [-0.2, 0) is 4.74 Å². The maximum Gasteiger partial charge on any atom is 0.321 e. The standard InChI is InChI=1S/C20H28N4O3/c25-19(16-5-3-6-17(13-16)24-11-7-21-20(24)26)23-10-4-12-27-18(15-23)14-22-8-1-2-9-22/h3,5-6,13,18H,1-2,4,7-12,14-15H2,(H,21,26). The lowest BCUT2D eigenvalue weighted by Gasteiger charge is -2.27. The van der Waals surface area contributed by atoms with Crippen molar-refractivity contribution in [3.63, 3.8) is 0 Å². The zero-order chi connectivity index (χ0) is 18.6. The topological polar surface area (TPSA) is 65.1 Å². The fraction of sp³-hybridized carbons (Fsp3) is 0.600. The summed E-state index contributed by atoms with van der Waals surface area (Å²) in [5.74, 6) is 0.0216. The molecule has 1 aromatic rings. The van der Waals surface area contributed by atoms with Crippen LogP contribution in [0.3, 0.4) is 0 Å². The number of benzene rings is 1. The number of carbonyl (C=O) groups excluding carboxylic acids is 2. The predicted molar refractivity (Wildman–Crippen MR) is 103 cm³/mol. The van der Waals surface area contributed by atoms with Gasteiger partial charge >= 0.3 is 6.03 Å². The molecule has 0 spiro atoms. The van der Waals surface area contributed by atoms with E-state index in [1.54, 1.807) is 4.90 Å². The molecule has 3 amide bonds. The van der Waals surface area contributed by atoms with E-state index in [1.807, 2.05) is 29.2 Å². The lowest BCUT2D eigenvalue weighted by Crippen LogP contribution is -2.42. The second kappa shape index (κ2) is 8.27. The second-order valence-electron chi connectivity index (χ2n) is 7.54. The van der Waals surface area contributed by atoms with E-state index >= 15 is 0 Å². The molecule has 27 heavy (non-hydrogen) atoms. The number of nitrogens with one attached hydrogen (secondary N) is 1. The first-order valence-electron chi connectivity index (χ1n) is 9.99. The highest BCUT2D eigenvalue weighted by molar-refractivity contribution is 5.98. The van der Waals surface area contributed by atoms with Crippen LogP contribution in [0.4, 0.5) is 10.5 Å². The zero-order valence-corrected chi connectivity index (χ0v) is 15.7. The number of carbonyl (C=O) groups is 2. The Morgan fingerprint density at radius 3 is 2.78 bits per heavy atom. The third-order valence-corrected chi connectivity index (χ3v) is 5.56. The quantitative estimate of drug-likeness (QED) is 0.871. The first-order chi connectivity index (χ1) is 13.2. The molecule has 0 aliphatic carbocycles. The normalized spacial score (nSPS) is 24.1. The van der Waals surface area contributed by atoms with E-state index < -0.39 is 0 Å². The van der Waals surface area contributed by atoms with Gasteiger partial charge in [-0.25, -0.2) is 4.79 Å². The summed E-state index contributed by atoms with van der Waals surface area (Å²) in [7, 11) is 0. The van der Waals surface area contributed by atoms with Crippen molar-refractivity contribution in [1.82, 2.24) is 15.1 Å². The first-order valence-corrected chi connectivity index (χ1v) is 9.99. The van der Waals surface area contributed by atoms with Gasteiger partial charge in [0, 0.05) is 50.6 Å². The van der Waals surface area contributed by atoms with Crippen molar-refractivity contribution in [3.8, 4) is 0 Å². The van der Waals surface area contributed by atoms with Crippen LogP contribution in [0.25, 0.3) is 0 Å². The van der Waals surface area contributed by atoms with Crippen molar-refractivity contribution in [2.75, 3.05) is 57.3 Å². The van der Waals surface area contributed by atoms with Crippen molar-refractivity contribution >= 4 is 17.6 Å². The molecule has 3 saturated heterocycles. The molecule has 7 nitrogen and oxygen atoms in total. The van der Waals surface area contributed by atoms with Crippen molar-refractivity contribution in [2.45, 2.75) is 25.4 Å². The number of amides is 3. The highest BCUT2D eigenvalue weighted by atomic mass is 16.5. The van der Waals surface area contributed by atoms with Crippen LogP contribution in [0, 0.1) is 0 Å². The summed E-state index contributed by atoms with van der Waals surface area (Å²) in [6.45, 7) is 6.48. The molecule has 1 aromatic carbocycles. The molecule has 3 aliphatic rings. The number of rotatable bonds is 4. The van der Waals surface area contributed by atoms with Crippen molar-refractivity contribution in [3.05, 3.63) is 29.8 Å². The Hall–Kier alpha value is -2.12. The van der Waals surface area contributed by atoms with Crippen LogP contribution < -0.4 is 10.2 Å². The van der Waals surface area contributed by atoms with Crippen LogP contribution >= 0.6 is 0 Å². The zero-order valence-electron chi connectivity index (χ0n) is 15.7. The van der Waals surface area contributed by atoms with E-state index in [9.17, 15) is 9.59 Å². The number of nitrogens with zero attached hydrogens (tertiary/aromatic N) is 3. The van der Waals surface area contributed by atoms with Gasteiger partial charge in [0.2, 0.25) is 0 Å². The van der Waals surface area contributed by atoms with Gasteiger partial charge in [-0.15, -0.1) is 0 Å². The molecule has 3 aliphatic heterocycles. The summed E-state index contributed by atoms with van der Waals surface area (Å²) in [6.07, 6.45) is 3.44. The summed E-state index contributed by atoms with van der Waals surface area (Å²) in [5.41, 5.74) is 1.41. The number of hydrogen-bond acceptors (Lipinski definition) is 4. The van der Waals surface area contributed by atoms with Gasteiger partial charge in [0.1, 0.15) is 0 Å². The molecule has 1 atom stereocenters. The minimum absolute atomic E-state index is 0.0216. The van der Waals surface area contributed by atoms with Gasteiger partial charge in [0.15, 0.2) is 0 Å². The van der Waals surface area contributed by atoms with Crippen LogP contribution in [0.1, 0.15) is 29.6 Å². The number of hydrogen-bond donors (Lipinski definition) is 1. The van der Waals surface area contributed by atoms with Crippen LogP contribution in [-0.4, -0.2) is 80.3 Å². The SMILES string of the molecule is O=C(c1cccc(N2CCNC2=O)c1)N1CCCOC(CN2CCCC2)C1. The summed E-state index contributed by atoms with van der Waals surface area (Å²) in [5, 5.41) is 2.80. The Bertz CT molecular complexity index is 690. The highest BCUT2D eigenvalue weighted by Gasteiger charge is 2.27. The van der Waals surface area contributed by atoms with E-state index in [-0.39, 0.29) is 18.0 Å². The Kier molecular flexibility index (Phi) is 5.59. The van der Waals surface area contributed by atoms with E-state index in [0.717, 1.165) is 31.7 Å². The number of ether oxygens (including phenoxy) is 1. The summed E-state index contributed by atoms with van der Waals surface area (Å²) in [4.78, 5) is 31.1. The molecule has 0 radical (unpaired) electrons. The maximum absolute atomic E-state index is 13.1. The smallest absolute Gasteiger partial charge is 0.321 e. The highest BCUT2D eigenvalue weighted by Crippen LogP contribution is 2.20. The van der Waals surface area contributed by atoms with E-state index in [0.29, 0.717) is 38.3 Å². The number of likely N-dealkylation sites (tertiary alicyclic amines) is 1. The molecule has 0 saturated carbocycles. The fourth-order valence-corrected chi connectivity index (χ4v) is 4.15. The Morgan fingerprint density at radius 1 is 1.15 bits per heavy atom. The number of anilines is 1. The fourth-order valence-electron chi connectivity index (χ4n) is 4.15. The van der Waals surface area contributed by atoms with E-state index in [2.05, 4.69) is 10.2 Å². The molecule has 1 unspecified atom stereocenters. The molecule has 4 rings (SSSR count). The van der Waals surface area contributed by atoms with Gasteiger partial charge in [-0.1, -0.05) is 6.07 Å². The van der Waals surface area contributed by atoms with Crippen LogP contribution in [0.5, 0.6) is 0 Å². The van der Waals surface area contributed by atoms with Gasteiger partial charge in [-0.3, -0.25) is 9.69 Å². The summed E-state index contributed by atoms with van der Waals surface area (Å²) >= 11 is 0. The molecule has 0 bridgehead atoms. The largest absolute Gasteiger partial charge is 0.375 e. The second-order valence-corrected chi connectivity index (χ2v) is 7.54. The van der Waals surface area contributed by atoms with Gasteiger partial charge in [-0.05, 0) is 50.6 Å². The molecule has 1 N–H and O–H groups in total. The maximum atomic E-state index is 13.1. The first kappa shape index (κ1) is 18.3. The Labute approximate surface area is 160 Å². The van der Waals surface area contributed by atoms with Gasteiger partial charge in [0.05, 0.1) is 6.10 Å². The van der Waals surface area contributed by atoms with Crippen LogP contribution in [0.15, 0.2) is 24.3 Å². The lowest BCUT2D eigenvalue weighted by atomic mass is 10.1. The van der Waals surface area contributed by atoms with Crippen molar-refractivity contribution < 1.29 is 14.3 Å². The molecule has 0 aromatic heterocycles. The van der Waals surface area contributed by atoms with Crippen molar-refractivity contribution in [2.24, 2.45) is 0 Å². The summed E-state index contributed by atoms with van der Waals surface area (Å²) < 4.78 is 6.00. The molecule has 7 heteroatoms. The molecule has 146 valence electrons. The minimum Gasteiger partial charge on any atom is -0.375 e. The number of urea groups is 1. The van der Waals surface area contributed by atoms with E-state index in [4.69, 9.17) is 4.74 Å². The average Bonchev–Trinajstić information content (AvgIpc) is 3.29. The van der Waals surface area contributed by atoms with Gasteiger partial charge in [0.25, 0.3) is 5.91 Å². The molecular formula is C20H28N4O3. The Balaban J connectivity index is 1.45. The monoisotopic (exact) mass is 372 g/mol. The third-order valence-electron chi connectivity index (χ3n) is 5.56. The van der Waals surface area contributed by atoms with E-state index in [1.165, 1.54) is 12.8 Å². The minimum atomic E-state index is -0.103. The lowest BCUT2D eigenvalue weighted by molar-refractivity contribution is 0.0297. The average molecular weight is 372 g/mol. The predicted octanol–water partition coefficient (Wildman–Crippen LogP) is 1.54. The molecule has 3 heterocycles. The van der Waals surface area contributed by atoms with Crippen LogP contribution in [0.2, 0.25) is 0 Å². The molecule has 3 fully saturated rings. The Morgan fingerprint density at radius 2 is 2.00 bits per heavy atom. The van der Waals surface area contributed by atoms with Crippen molar-refractivity contribution in [1.29, 1.82) is 0 Å². The molecular weight excluding hydrogens is 344 g/mol. The van der Waals surface area contributed by atoms with Gasteiger partial charge in [-0.2, -0.15) is 0 Å². The van der Waals surface area contributed by atoms with Gasteiger partial charge < -0.3 is 19.9 Å².